The molecule has 1 aromatic rings. The summed E-state index contributed by atoms with van der Waals surface area (Å²) in [5.74, 6) is -0.492. The number of carbonyl (C=O) groups excluding carboxylic acids is 2. The molecule has 7 heteroatoms. The van der Waals surface area contributed by atoms with Gasteiger partial charge in [0.15, 0.2) is 0 Å². The van der Waals surface area contributed by atoms with Gasteiger partial charge in [-0.2, -0.15) is 0 Å². The number of esters is 1. The number of carbonyl (C=O) groups is 2. The van der Waals surface area contributed by atoms with Gasteiger partial charge in [-0.05, 0) is 29.7 Å². The molecule has 122 valence electrons. The van der Waals surface area contributed by atoms with Gasteiger partial charge in [-0.15, -0.1) is 0 Å². The monoisotopic (exact) mass is 369 g/mol. The maximum Gasteiger partial charge on any atom is 0.326 e. The topological polar surface area (TPSA) is 46.6 Å². The molecule has 1 aliphatic heterocycles. The van der Waals surface area contributed by atoms with E-state index in [0.29, 0.717) is 20.9 Å². The molecule has 0 aliphatic carbocycles. The molecule has 1 amide bonds. The molecule has 2 rings (SSSR count). The summed E-state index contributed by atoms with van der Waals surface area (Å²) in [6.07, 6.45) is 1.73. The zero-order valence-electron chi connectivity index (χ0n) is 12.7. The maximum atomic E-state index is 12.4. The molecule has 0 aromatic heterocycles. The number of amides is 1. The Morgan fingerprint density at radius 1 is 1.39 bits per heavy atom. The fourth-order valence-corrected chi connectivity index (χ4v) is 3.16. The molecule has 23 heavy (non-hydrogen) atoms. The summed E-state index contributed by atoms with van der Waals surface area (Å²) in [4.78, 5) is 25.9. The largest absolute Gasteiger partial charge is 0.464 e. The molecular weight excluding hydrogens is 354 g/mol. The molecule has 1 fully saturated rings. The first kappa shape index (κ1) is 18.0. The van der Waals surface area contributed by atoms with E-state index in [2.05, 4.69) is 0 Å². The molecule has 0 radical (unpaired) electrons. The second kappa shape index (κ2) is 7.95. The molecule has 0 atom stereocenters. The van der Waals surface area contributed by atoms with Crippen molar-refractivity contribution in [2.45, 2.75) is 13.8 Å². The number of hydrogen-bond donors (Lipinski definition) is 0. The van der Waals surface area contributed by atoms with Crippen LogP contribution in [0.5, 0.6) is 0 Å². The number of thioether (sulfide) groups is 1. The van der Waals surface area contributed by atoms with Crippen molar-refractivity contribution in [3.63, 3.8) is 0 Å². The van der Waals surface area contributed by atoms with Gasteiger partial charge in [0.05, 0.1) is 11.5 Å². The fraction of sp³-hybridized carbons (Fsp3) is 0.312. The van der Waals surface area contributed by atoms with Gasteiger partial charge < -0.3 is 4.74 Å². The summed E-state index contributed by atoms with van der Waals surface area (Å²) < 4.78 is 5.45. The van der Waals surface area contributed by atoms with E-state index < -0.39 is 5.97 Å². The molecule has 0 saturated carbocycles. The summed E-state index contributed by atoms with van der Waals surface area (Å²) in [5.41, 5.74) is 0.845. The average Bonchev–Trinajstić information content (AvgIpc) is 2.75. The number of rotatable bonds is 5. The third-order valence-electron chi connectivity index (χ3n) is 2.91. The van der Waals surface area contributed by atoms with Crippen molar-refractivity contribution in [1.29, 1.82) is 0 Å². The molecule has 1 aliphatic rings. The van der Waals surface area contributed by atoms with Crippen molar-refractivity contribution in [3.05, 3.63) is 39.8 Å². The minimum atomic E-state index is -0.456. The highest BCUT2D eigenvalue weighted by molar-refractivity contribution is 8.26. The van der Waals surface area contributed by atoms with Crippen molar-refractivity contribution in [3.8, 4) is 0 Å². The van der Waals surface area contributed by atoms with Gasteiger partial charge in [0.1, 0.15) is 10.9 Å². The van der Waals surface area contributed by atoms with Gasteiger partial charge in [0.25, 0.3) is 5.91 Å². The number of nitrogens with zero attached hydrogens (tertiary/aromatic N) is 1. The van der Waals surface area contributed by atoms with Gasteiger partial charge in [-0.25, -0.2) is 0 Å². The first-order valence-corrected chi connectivity index (χ1v) is 8.63. The van der Waals surface area contributed by atoms with Crippen LogP contribution in [0.1, 0.15) is 19.4 Å². The predicted octanol–water partition coefficient (Wildman–Crippen LogP) is 3.74. The zero-order chi connectivity index (χ0) is 17.0. The van der Waals surface area contributed by atoms with Crippen LogP contribution in [-0.4, -0.2) is 34.2 Å². The maximum absolute atomic E-state index is 12.4. The molecule has 1 aromatic carbocycles. The Morgan fingerprint density at radius 3 is 2.65 bits per heavy atom. The van der Waals surface area contributed by atoms with Crippen molar-refractivity contribution < 1.29 is 14.3 Å². The Hall–Kier alpha value is -1.37. The van der Waals surface area contributed by atoms with E-state index in [-0.39, 0.29) is 18.4 Å². The molecule has 0 bridgehead atoms. The standard InChI is InChI=1S/C16H16ClNO3S2/c1-10(2)9-21-14(19)8-18-15(20)13(23-16(18)22)7-11-3-5-12(17)6-4-11/h3-7,10H,8-9H2,1-2H3/b13-7-. The Morgan fingerprint density at radius 2 is 2.04 bits per heavy atom. The van der Waals surface area contributed by atoms with E-state index in [1.807, 2.05) is 26.0 Å². The zero-order valence-corrected chi connectivity index (χ0v) is 15.1. The molecule has 1 heterocycles. The summed E-state index contributed by atoms with van der Waals surface area (Å²) in [5, 5.41) is 0.627. The first-order chi connectivity index (χ1) is 10.9. The fourth-order valence-electron chi connectivity index (χ4n) is 1.78. The lowest BCUT2D eigenvalue weighted by Gasteiger charge is -2.14. The Labute approximate surface area is 149 Å². The average molecular weight is 370 g/mol. The number of halogens is 1. The second-order valence-corrected chi connectivity index (χ2v) is 7.51. The second-order valence-electron chi connectivity index (χ2n) is 5.40. The van der Waals surface area contributed by atoms with Crippen LogP contribution in [0.25, 0.3) is 6.08 Å². The van der Waals surface area contributed by atoms with E-state index in [9.17, 15) is 9.59 Å². The molecule has 0 spiro atoms. The van der Waals surface area contributed by atoms with E-state index in [1.165, 1.54) is 16.7 Å². The van der Waals surface area contributed by atoms with Crippen LogP contribution in [0.3, 0.4) is 0 Å². The lowest BCUT2D eigenvalue weighted by molar-refractivity contribution is -0.147. The van der Waals surface area contributed by atoms with Crippen LogP contribution in [0.2, 0.25) is 5.02 Å². The number of thiocarbonyl (C=S) groups is 1. The van der Waals surface area contributed by atoms with Crippen molar-refractivity contribution in [1.82, 2.24) is 4.90 Å². The minimum Gasteiger partial charge on any atom is -0.464 e. The van der Waals surface area contributed by atoms with Crippen molar-refractivity contribution in [2.75, 3.05) is 13.2 Å². The van der Waals surface area contributed by atoms with Crippen LogP contribution < -0.4 is 0 Å². The molecule has 0 unspecified atom stereocenters. The third-order valence-corrected chi connectivity index (χ3v) is 4.54. The Kier molecular flexibility index (Phi) is 6.21. The van der Waals surface area contributed by atoms with Gasteiger partial charge in [0.2, 0.25) is 0 Å². The predicted molar refractivity (Wildman–Crippen MR) is 97.1 cm³/mol. The SMILES string of the molecule is CC(C)COC(=O)CN1C(=O)/C(=C/c2ccc(Cl)cc2)SC1=S. The Bertz CT molecular complexity index is 656. The van der Waals surface area contributed by atoms with Crippen LogP contribution in [0, 0.1) is 5.92 Å². The number of ether oxygens (including phenoxy) is 1. The molecule has 1 saturated heterocycles. The molecule has 0 N–H and O–H groups in total. The Balaban J connectivity index is 2.04. The highest BCUT2D eigenvalue weighted by atomic mass is 35.5. The minimum absolute atomic E-state index is 0.157. The first-order valence-electron chi connectivity index (χ1n) is 7.03. The third kappa shape index (κ3) is 5.06. The quantitative estimate of drug-likeness (QED) is 0.449. The molecule has 4 nitrogen and oxygen atoms in total. The van der Waals surface area contributed by atoms with Crippen LogP contribution in [0.4, 0.5) is 0 Å². The van der Waals surface area contributed by atoms with Crippen LogP contribution in [0.15, 0.2) is 29.2 Å². The summed E-state index contributed by atoms with van der Waals surface area (Å²) in [6, 6.07) is 7.12. The summed E-state index contributed by atoms with van der Waals surface area (Å²) >= 11 is 12.2. The van der Waals surface area contributed by atoms with Crippen molar-refractivity contribution in [2.24, 2.45) is 5.92 Å². The highest BCUT2D eigenvalue weighted by Gasteiger charge is 2.33. The van der Waals surface area contributed by atoms with Gasteiger partial charge in [-0.3, -0.25) is 14.5 Å². The lowest BCUT2D eigenvalue weighted by Crippen LogP contribution is -2.34. The van der Waals surface area contributed by atoms with E-state index in [4.69, 9.17) is 28.6 Å². The van der Waals surface area contributed by atoms with Crippen molar-refractivity contribution >= 4 is 57.9 Å². The van der Waals surface area contributed by atoms with E-state index in [0.717, 1.165) is 5.56 Å². The van der Waals surface area contributed by atoms with Crippen LogP contribution >= 0.6 is 35.6 Å². The summed E-state index contributed by atoms with van der Waals surface area (Å²) in [6.45, 7) is 4.06. The van der Waals surface area contributed by atoms with Gasteiger partial charge in [0, 0.05) is 5.02 Å². The molecular formula is C16H16ClNO3S2. The smallest absolute Gasteiger partial charge is 0.326 e. The van der Waals surface area contributed by atoms with Gasteiger partial charge in [-0.1, -0.05) is 61.6 Å². The normalized spacial score (nSPS) is 16.5. The van der Waals surface area contributed by atoms with E-state index >= 15 is 0 Å². The van der Waals surface area contributed by atoms with E-state index in [1.54, 1.807) is 18.2 Å². The lowest BCUT2D eigenvalue weighted by atomic mass is 10.2. The van der Waals surface area contributed by atoms with Crippen LogP contribution in [-0.2, 0) is 14.3 Å². The highest BCUT2D eigenvalue weighted by Crippen LogP contribution is 2.32. The number of benzene rings is 1. The summed E-state index contributed by atoms with van der Waals surface area (Å²) in [7, 11) is 0. The van der Waals surface area contributed by atoms with Gasteiger partial charge >= 0.3 is 5.97 Å². The number of hydrogen-bond acceptors (Lipinski definition) is 5.